The molecule has 0 bridgehead atoms. The first-order valence-electron chi connectivity index (χ1n) is 6.77. The van der Waals surface area contributed by atoms with Crippen LogP contribution in [0.1, 0.15) is 38.2 Å². The molecule has 1 aliphatic rings. The maximum absolute atomic E-state index is 9.73. The van der Waals surface area contributed by atoms with Crippen molar-refractivity contribution in [3.63, 3.8) is 0 Å². The molecule has 4 heteroatoms. The summed E-state index contributed by atoms with van der Waals surface area (Å²) in [4.78, 5) is 0. The van der Waals surface area contributed by atoms with Crippen LogP contribution in [0, 0.1) is 17.2 Å². The summed E-state index contributed by atoms with van der Waals surface area (Å²) in [7, 11) is 0. The minimum absolute atomic E-state index is 0.110. The number of nitrogen functional groups attached to an aromatic ring is 1. The fourth-order valence-corrected chi connectivity index (χ4v) is 2.67. The van der Waals surface area contributed by atoms with E-state index in [1.807, 2.05) is 6.07 Å². The Morgan fingerprint density at radius 3 is 2.68 bits per heavy atom. The summed E-state index contributed by atoms with van der Waals surface area (Å²) in [6.45, 7) is 2.36. The van der Waals surface area contributed by atoms with Crippen molar-refractivity contribution in [2.75, 3.05) is 17.7 Å². The maximum atomic E-state index is 9.73. The predicted molar refractivity (Wildman–Crippen MR) is 76.6 cm³/mol. The third-order valence-electron chi connectivity index (χ3n) is 4.11. The molecule has 1 aliphatic carbocycles. The fourth-order valence-electron chi connectivity index (χ4n) is 2.67. The molecule has 1 aromatic rings. The molecule has 0 saturated heterocycles. The van der Waals surface area contributed by atoms with Gasteiger partial charge < -0.3 is 16.2 Å². The molecule has 0 aromatic heterocycles. The van der Waals surface area contributed by atoms with E-state index < -0.39 is 0 Å². The molecule has 0 atom stereocenters. The summed E-state index contributed by atoms with van der Waals surface area (Å²) in [5, 5.41) is 22.0. The number of nitriles is 1. The predicted octanol–water partition coefficient (Wildman–Crippen LogP) is 2.49. The number of anilines is 2. The molecule has 1 aromatic carbocycles. The third-order valence-corrected chi connectivity index (χ3v) is 4.11. The second-order valence-electron chi connectivity index (χ2n) is 5.66. The summed E-state index contributed by atoms with van der Waals surface area (Å²) >= 11 is 0. The zero-order valence-corrected chi connectivity index (χ0v) is 11.3. The van der Waals surface area contributed by atoms with Gasteiger partial charge in [0.15, 0.2) is 0 Å². The van der Waals surface area contributed by atoms with Crippen LogP contribution in [0.3, 0.4) is 0 Å². The van der Waals surface area contributed by atoms with Crippen LogP contribution in [-0.4, -0.2) is 17.3 Å². The highest BCUT2D eigenvalue weighted by molar-refractivity contribution is 5.69. The monoisotopic (exact) mass is 259 g/mol. The smallest absolute Gasteiger partial charge is 0.0992 e. The molecule has 0 heterocycles. The molecule has 4 N–H and O–H groups in total. The van der Waals surface area contributed by atoms with Crippen molar-refractivity contribution in [3.05, 3.63) is 23.8 Å². The van der Waals surface area contributed by atoms with Crippen molar-refractivity contribution in [1.82, 2.24) is 0 Å². The van der Waals surface area contributed by atoms with E-state index in [0.717, 1.165) is 37.3 Å². The Kier molecular flexibility index (Phi) is 3.96. The second-order valence-corrected chi connectivity index (χ2v) is 5.66. The minimum Gasteiger partial charge on any atom is -0.397 e. The minimum atomic E-state index is -0.269. The summed E-state index contributed by atoms with van der Waals surface area (Å²) in [6, 6.07) is 7.30. The van der Waals surface area contributed by atoms with Crippen LogP contribution >= 0.6 is 0 Å². The van der Waals surface area contributed by atoms with Crippen molar-refractivity contribution >= 4 is 11.4 Å². The SMILES string of the molecule is CC1CCC(CO)(Nc2ccc(C#N)cc2N)CC1. The molecule has 0 amide bonds. The number of nitrogens with two attached hydrogens (primary N) is 1. The molecule has 19 heavy (non-hydrogen) atoms. The number of aliphatic hydroxyl groups excluding tert-OH is 1. The van der Waals surface area contributed by atoms with E-state index >= 15 is 0 Å². The molecular weight excluding hydrogens is 238 g/mol. The molecule has 0 spiro atoms. The van der Waals surface area contributed by atoms with E-state index in [0.29, 0.717) is 11.3 Å². The molecule has 1 fully saturated rings. The van der Waals surface area contributed by atoms with Gasteiger partial charge in [0.1, 0.15) is 0 Å². The molecule has 2 rings (SSSR count). The lowest BCUT2D eigenvalue weighted by atomic mass is 9.77. The Bertz CT molecular complexity index is 485. The molecule has 0 aliphatic heterocycles. The lowest BCUT2D eigenvalue weighted by molar-refractivity contribution is 0.155. The molecule has 102 valence electrons. The van der Waals surface area contributed by atoms with E-state index in [1.54, 1.807) is 12.1 Å². The number of nitrogens with zero attached hydrogens (tertiary/aromatic N) is 1. The lowest BCUT2D eigenvalue weighted by Crippen LogP contribution is -2.45. The Morgan fingerprint density at radius 1 is 1.47 bits per heavy atom. The van der Waals surface area contributed by atoms with Crippen LogP contribution in [0.15, 0.2) is 18.2 Å². The number of rotatable bonds is 3. The normalized spacial score (nSPS) is 26.7. The number of benzene rings is 1. The van der Waals surface area contributed by atoms with Gasteiger partial charge in [-0.1, -0.05) is 6.92 Å². The highest BCUT2D eigenvalue weighted by Crippen LogP contribution is 2.35. The quantitative estimate of drug-likeness (QED) is 0.728. The molecular formula is C15H21N3O. The zero-order valence-electron chi connectivity index (χ0n) is 11.3. The van der Waals surface area contributed by atoms with Crippen LogP contribution in [0.2, 0.25) is 0 Å². The fraction of sp³-hybridized carbons (Fsp3) is 0.533. The number of nitrogens with one attached hydrogen (secondary N) is 1. The first-order valence-corrected chi connectivity index (χ1v) is 6.77. The van der Waals surface area contributed by atoms with Crippen LogP contribution < -0.4 is 11.1 Å². The molecule has 4 nitrogen and oxygen atoms in total. The van der Waals surface area contributed by atoms with Crippen molar-refractivity contribution in [1.29, 1.82) is 5.26 Å². The van der Waals surface area contributed by atoms with Crippen molar-refractivity contribution in [3.8, 4) is 6.07 Å². The maximum Gasteiger partial charge on any atom is 0.0992 e. The average molecular weight is 259 g/mol. The van der Waals surface area contributed by atoms with Gasteiger partial charge in [-0.25, -0.2) is 0 Å². The number of aliphatic hydroxyl groups is 1. The summed E-state index contributed by atoms with van der Waals surface area (Å²) in [5.41, 5.74) is 7.61. The molecule has 1 saturated carbocycles. The van der Waals surface area contributed by atoms with Crippen molar-refractivity contribution in [2.45, 2.75) is 38.1 Å². The number of hydrogen-bond donors (Lipinski definition) is 3. The summed E-state index contributed by atoms with van der Waals surface area (Å²) in [6.07, 6.45) is 4.13. The van der Waals surface area contributed by atoms with Crippen molar-refractivity contribution < 1.29 is 5.11 Å². The van der Waals surface area contributed by atoms with E-state index in [9.17, 15) is 5.11 Å². The van der Waals surface area contributed by atoms with Crippen LogP contribution in [0.5, 0.6) is 0 Å². The van der Waals surface area contributed by atoms with Gasteiger partial charge in [0.25, 0.3) is 0 Å². The van der Waals surface area contributed by atoms with Crippen LogP contribution in [-0.2, 0) is 0 Å². The Hall–Kier alpha value is -1.73. The highest BCUT2D eigenvalue weighted by Gasteiger charge is 2.33. The van der Waals surface area contributed by atoms with E-state index in [2.05, 4.69) is 18.3 Å². The van der Waals surface area contributed by atoms with Gasteiger partial charge in [0.05, 0.1) is 35.2 Å². The highest BCUT2D eigenvalue weighted by atomic mass is 16.3. The van der Waals surface area contributed by atoms with E-state index in [1.165, 1.54) is 0 Å². The first-order chi connectivity index (χ1) is 9.08. The average Bonchev–Trinajstić information content (AvgIpc) is 2.44. The Labute approximate surface area is 114 Å². The van der Waals surface area contributed by atoms with Crippen LogP contribution in [0.25, 0.3) is 0 Å². The van der Waals surface area contributed by atoms with E-state index in [4.69, 9.17) is 11.0 Å². The summed E-state index contributed by atoms with van der Waals surface area (Å²) < 4.78 is 0. The van der Waals surface area contributed by atoms with Crippen LogP contribution in [0.4, 0.5) is 11.4 Å². The molecule has 0 radical (unpaired) electrons. The Morgan fingerprint density at radius 2 is 2.16 bits per heavy atom. The van der Waals surface area contributed by atoms with Crippen molar-refractivity contribution in [2.24, 2.45) is 5.92 Å². The second kappa shape index (κ2) is 5.50. The van der Waals surface area contributed by atoms with Gasteiger partial charge in [-0.3, -0.25) is 0 Å². The number of hydrogen-bond acceptors (Lipinski definition) is 4. The standard InChI is InChI=1S/C15H21N3O/c1-11-4-6-15(10-19,7-5-11)18-14-3-2-12(9-16)8-13(14)17/h2-3,8,11,18-19H,4-7,10,17H2,1H3. The first kappa shape index (κ1) is 13.7. The topological polar surface area (TPSA) is 82.1 Å². The van der Waals surface area contributed by atoms with Gasteiger partial charge in [0.2, 0.25) is 0 Å². The Balaban J connectivity index is 2.17. The van der Waals surface area contributed by atoms with Gasteiger partial charge in [0, 0.05) is 0 Å². The third kappa shape index (κ3) is 2.99. The largest absolute Gasteiger partial charge is 0.397 e. The van der Waals surface area contributed by atoms with Gasteiger partial charge in [-0.15, -0.1) is 0 Å². The van der Waals surface area contributed by atoms with Gasteiger partial charge in [-0.05, 0) is 49.8 Å². The zero-order chi connectivity index (χ0) is 13.9. The lowest BCUT2D eigenvalue weighted by Gasteiger charge is -2.39. The summed E-state index contributed by atoms with van der Waals surface area (Å²) in [5.74, 6) is 0.722. The molecule has 0 unspecified atom stereocenters. The van der Waals surface area contributed by atoms with E-state index in [-0.39, 0.29) is 12.1 Å². The van der Waals surface area contributed by atoms with Gasteiger partial charge in [-0.2, -0.15) is 5.26 Å². The van der Waals surface area contributed by atoms with Gasteiger partial charge >= 0.3 is 0 Å².